The highest BCUT2D eigenvalue weighted by Crippen LogP contribution is 2.35. The van der Waals surface area contributed by atoms with E-state index in [9.17, 15) is 14.7 Å². The molecule has 2 N–H and O–H groups in total. The van der Waals surface area contributed by atoms with E-state index in [1.807, 2.05) is 37.3 Å². The van der Waals surface area contributed by atoms with E-state index < -0.39 is 17.4 Å². The van der Waals surface area contributed by atoms with Gasteiger partial charge in [-0.3, -0.25) is 14.9 Å². The number of carbonyl (C=O) groups is 2. The maximum atomic E-state index is 12.1. The molecular weight excluding hydrogens is 218 g/mol. The molecular formula is C13H15NO3. The van der Waals surface area contributed by atoms with Crippen molar-refractivity contribution >= 4 is 11.8 Å². The molecule has 1 fully saturated rings. The van der Waals surface area contributed by atoms with Crippen LogP contribution in [0.3, 0.4) is 0 Å². The van der Waals surface area contributed by atoms with Crippen LogP contribution < -0.4 is 5.32 Å². The van der Waals surface area contributed by atoms with Gasteiger partial charge in [-0.1, -0.05) is 37.3 Å². The first-order valence-electron chi connectivity index (χ1n) is 5.69. The molecule has 1 aromatic carbocycles. The summed E-state index contributed by atoms with van der Waals surface area (Å²) < 4.78 is 0. The Morgan fingerprint density at radius 2 is 2.00 bits per heavy atom. The van der Waals surface area contributed by atoms with Gasteiger partial charge in [0.05, 0.1) is 5.41 Å². The van der Waals surface area contributed by atoms with E-state index in [1.165, 1.54) is 0 Å². The lowest BCUT2D eigenvalue weighted by atomic mass is 9.71. The van der Waals surface area contributed by atoms with Crippen LogP contribution in [0, 0.1) is 0 Å². The number of aliphatic hydroxyl groups excluding tert-OH is 1. The van der Waals surface area contributed by atoms with Crippen molar-refractivity contribution in [3.05, 3.63) is 35.9 Å². The lowest BCUT2D eigenvalue weighted by molar-refractivity contribution is -0.145. The Morgan fingerprint density at radius 3 is 2.59 bits per heavy atom. The summed E-state index contributed by atoms with van der Waals surface area (Å²) in [6.07, 6.45) is -0.418. The van der Waals surface area contributed by atoms with Crippen molar-refractivity contribution < 1.29 is 14.7 Å². The van der Waals surface area contributed by atoms with Gasteiger partial charge in [-0.2, -0.15) is 0 Å². The van der Waals surface area contributed by atoms with Crippen molar-refractivity contribution in [1.82, 2.24) is 5.32 Å². The van der Waals surface area contributed by atoms with E-state index in [0.717, 1.165) is 5.56 Å². The summed E-state index contributed by atoms with van der Waals surface area (Å²) in [6.45, 7) is 1.88. The van der Waals surface area contributed by atoms with Crippen molar-refractivity contribution in [3.63, 3.8) is 0 Å². The Kier molecular flexibility index (Phi) is 2.98. The molecule has 1 aliphatic heterocycles. The van der Waals surface area contributed by atoms with Crippen molar-refractivity contribution in [2.75, 3.05) is 0 Å². The lowest BCUT2D eigenvalue weighted by Crippen LogP contribution is -2.57. The molecule has 17 heavy (non-hydrogen) atoms. The summed E-state index contributed by atoms with van der Waals surface area (Å²) in [5, 5.41) is 11.9. The third-order valence-electron chi connectivity index (χ3n) is 3.45. The molecule has 2 rings (SSSR count). The van der Waals surface area contributed by atoms with E-state index in [2.05, 4.69) is 5.32 Å². The van der Waals surface area contributed by atoms with Gasteiger partial charge in [0.1, 0.15) is 6.10 Å². The molecule has 0 spiro atoms. The third-order valence-corrected chi connectivity index (χ3v) is 3.45. The predicted octanol–water partition coefficient (Wildman–Crippen LogP) is 0.742. The Morgan fingerprint density at radius 1 is 1.35 bits per heavy atom. The Hall–Kier alpha value is -1.68. The zero-order valence-corrected chi connectivity index (χ0v) is 9.64. The number of nitrogens with one attached hydrogen (secondary N) is 1. The van der Waals surface area contributed by atoms with Crippen LogP contribution in [-0.2, 0) is 15.0 Å². The SMILES string of the molecule is CC[C@@]1(c2ccccc2)CC(O)C(=O)NC1=O. The number of hydrogen-bond acceptors (Lipinski definition) is 3. The fourth-order valence-corrected chi connectivity index (χ4v) is 2.35. The topological polar surface area (TPSA) is 66.4 Å². The molecule has 2 amide bonds. The fourth-order valence-electron chi connectivity index (χ4n) is 2.35. The molecule has 1 unspecified atom stereocenters. The predicted molar refractivity (Wildman–Crippen MR) is 62.2 cm³/mol. The largest absolute Gasteiger partial charge is 0.383 e. The van der Waals surface area contributed by atoms with Gasteiger partial charge in [-0.15, -0.1) is 0 Å². The highest BCUT2D eigenvalue weighted by molar-refractivity contribution is 6.05. The molecule has 1 aliphatic rings. The first-order valence-corrected chi connectivity index (χ1v) is 5.69. The zero-order chi connectivity index (χ0) is 12.5. The van der Waals surface area contributed by atoms with Gasteiger partial charge in [0, 0.05) is 6.42 Å². The number of carbonyl (C=O) groups excluding carboxylic acids is 2. The maximum Gasteiger partial charge on any atom is 0.255 e. The van der Waals surface area contributed by atoms with Gasteiger partial charge < -0.3 is 5.11 Å². The van der Waals surface area contributed by atoms with Crippen LogP contribution in [0.2, 0.25) is 0 Å². The number of rotatable bonds is 2. The van der Waals surface area contributed by atoms with Gasteiger partial charge in [0.25, 0.3) is 5.91 Å². The number of piperidine rings is 1. The van der Waals surface area contributed by atoms with Crippen molar-refractivity contribution in [2.24, 2.45) is 0 Å². The average molecular weight is 233 g/mol. The number of amides is 2. The van der Waals surface area contributed by atoms with Gasteiger partial charge in [-0.05, 0) is 12.0 Å². The minimum Gasteiger partial charge on any atom is -0.383 e. The van der Waals surface area contributed by atoms with Crippen LogP contribution in [0.4, 0.5) is 0 Å². The van der Waals surface area contributed by atoms with Crippen molar-refractivity contribution in [3.8, 4) is 0 Å². The van der Waals surface area contributed by atoms with Crippen LogP contribution in [0.5, 0.6) is 0 Å². The van der Waals surface area contributed by atoms with Gasteiger partial charge in [0.15, 0.2) is 0 Å². The number of imide groups is 1. The van der Waals surface area contributed by atoms with E-state index >= 15 is 0 Å². The van der Waals surface area contributed by atoms with Gasteiger partial charge >= 0.3 is 0 Å². The molecule has 0 aliphatic carbocycles. The summed E-state index contributed by atoms with van der Waals surface area (Å²) >= 11 is 0. The fraction of sp³-hybridized carbons (Fsp3) is 0.385. The third kappa shape index (κ3) is 1.85. The van der Waals surface area contributed by atoms with Gasteiger partial charge in [-0.25, -0.2) is 0 Å². The highest BCUT2D eigenvalue weighted by Gasteiger charge is 2.46. The molecule has 4 heteroatoms. The second kappa shape index (κ2) is 4.30. The zero-order valence-electron chi connectivity index (χ0n) is 9.64. The monoisotopic (exact) mass is 233 g/mol. The van der Waals surface area contributed by atoms with Gasteiger partial charge in [0.2, 0.25) is 5.91 Å². The molecule has 0 radical (unpaired) electrons. The minimum absolute atomic E-state index is 0.151. The van der Waals surface area contributed by atoms with E-state index in [4.69, 9.17) is 0 Å². The molecule has 4 nitrogen and oxygen atoms in total. The summed E-state index contributed by atoms with van der Waals surface area (Å²) in [7, 11) is 0. The average Bonchev–Trinajstić information content (AvgIpc) is 2.35. The molecule has 1 aromatic rings. The Labute approximate surface area is 99.6 Å². The number of hydrogen-bond donors (Lipinski definition) is 2. The molecule has 0 bridgehead atoms. The summed E-state index contributed by atoms with van der Waals surface area (Å²) in [5.41, 5.74) is 0.0424. The molecule has 0 saturated carbocycles. The normalized spacial score (nSPS) is 28.9. The first-order chi connectivity index (χ1) is 8.10. The molecule has 1 heterocycles. The smallest absolute Gasteiger partial charge is 0.255 e. The summed E-state index contributed by atoms with van der Waals surface area (Å²) in [6, 6.07) is 9.28. The van der Waals surface area contributed by atoms with Crippen molar-refractivity contribution in [2.45, 2.75) is 31.3 Å². The maximum absolute atomic E-state index is 12.1. The van der Waals surface area contributed by atoms with Crippen LogP contribution in [0.15, 0.2) is 30.3 Å². The number of aliphatic hydroxyl groups is 1. The standard InChI is InChI=1S/C13H15NO3/c1-2-13(9-6-4-3-5-7-9)8-10(15)11(16)14-12(13)17/h3-7,10,15H,2,8H2,1H3,(H,14,16,17)/t10?,13-/m0/s1. The molecule has 2 atom stereocenters. The van der Waals surface area contributed by atoms with Crippen LogP contribution in [0.25, 0.3) is 0 Å². The minimum atomic E-state index is -1.12. The number of benzene rings is 1. The quantitative estimate of drug-likeness (QED) is 0.740. The second-order valence-electron chi connectivity index (χ2n) is 4.34. The van der Waals surface area contributed by atoms with Crippen LogP contribution >= 0.6 is 0 Å². The molecule has 90 valence electrons. The first kappa shape index (κ1) is 11.8. The second-order valence-corrected chi connectivity index (χ2v) is 4.34. The van der Waals surface area contributed by atoms with E-state index in [1.54, 1.807) is 0 Å². The van der Waals surface area contributed by atoms with E-state index in [0.29, 0.717) is 6.42 Å². The van der Waals surface area contributed by atoms with Crippen LogP contribution in [0.1, 0.15) is 25.3 Å². The summed E-state index contributed by atoms with van der Waals surface area (Å²) in [4.78, 5) is 23.3. The van der Waals surface area contributed by atoms with E-state index in [-0.39, 0.29) is 12.3 Å². The Balaban J connectivity index is 2.44. The van der Waals surface area contributed by atoms with Crippen LogP contribution in [-0.4, -0.2) is 23.0 Å². The highest BCUT2D eigenvalue weighted by atomic mass is 16.3. The van der Waals surface area contributed by atoms with Crippen molar-refractivity contribution in [1.29, 1.82) is 0 Å². The molecule has 0 aromatic heterocycles. The summed E-state index contributed by atoms with van der Waals surface area (Å²) in [5.74, 6) is -0.920. The molecule has 1 saturated heterocycles. The Bertz CT molecular complexity index is 443. The lowest BCUT2D eigenvalue weighted by Gasteiger charge is -2.37.